The molecule has 9 heterocycles. The molecular formula is C74H83Cl8N17O14. The highest BCUT2D eigenvalue weighted by molar-refractivity contribution is 6.33. The summed E-state index contributed by atoms with van der Waals surface area (Å²) < 4.78 is 32.0. The first-order valence-corrected chi connectivity index (χ1v) is 36.7. The van der Waals surface area contributed by atoms with E-state index in [1.807, 2.05) is 6.07 Å². The van der Waals surface area contributed by atoms with Gasteiger partial charge in [-0.05, 0) is 109 Å². The van der Waals surface area contributed by atoms with Crippen LogP contribution in [0.4, 0.5) is 11.9 Å². The number of hydrogen-bond donors (Lipinski definition) is 5. The number of pyridine rings is 7. The second kappa shape index (κ2) is 52.1. The van der Waals surface area contributed by atoms with Gasteiger partial charge in [0, 0.05) is 114 Å². The molecule has 31 nitrogen and oxygen atoms in total. The molecule has 0 saturated heterocycles. The number of carbonyl (C=O) groups is 5. The summed E-state index contributed by atoms with van der Waals surface area (Å²) >= 11 is 46.5. The van der Waals surface area contributed by atoms with Gasteiger partial charge in [-0.25, -0.2) is 49.1 Å². The smallest absolute Gasteiger partial charge is 0.345 e. The van der Waals surface area contributed by atoms with Gasteiger partial charge in [0.2, 0.25) is 23.7 Å². The van der Waals surface area contributed by atoms with Crippen LogP contribution in [-0.2, 0) is 54.7 Å². The van der Waals surface area contributed by atoms with E-state index in [0.29, 0.717) is 68.9 Å². The quantitative estimate of drug-likeness (QED) is 0.00425. The molecule has 39 heteroatoms. The van der Waals surface area contributed by atoms with Crippen molar-refractivity contribution in [3.63, 3.8) is 0 Å². The number of nitrogens with zero attached hydrogens (tertiary/aromatic N) is 12. The Bertz CT molecular complexity index is 4640. The molecule has 0 radical (unpaired) electrons. The standard InChI is InChI=1S/C22H24Cl2N6O3.2C13H10Cl2N2O3.C10H14ClNO4.C10H18N4O.C6H7ClN2/c1-33-19-7-10-27-22(29-19)26-9-4-2-3-8-25-20(31)17-11-16(23)14-30(21(17)32)13-15-5-6-18(24)28-12-15;2*1-20-13(19)10-4-9(14)7-17(12(10)18)6-8-2-3-11(15)16-5-8;1-12(2)6-7(11)5-8(9(13)15-3)10(14)16-4;1-15-9-5-8-13-10(14-9)12-7-4-2-3-6-11;7-6-2-1-5(3-8)4-9-6/h5-7,10-12,14H,2-4,8-9,13H2,1H3,(H,25,31)(H,26,27,29);2*2-5,7H,6H2,1H3;5-6H,1-4H3;5,8H,2-4,6-7,11H2,1H3,(H,12,13,14);1-2,4H,3,8H2/b;;;7-6-;;. The van der Waals surface area contributed by atoms with Gasteiger partial charge in [0.15, 0.2) is 0 Å². The first-order chi connectivity index (χ1) is 54.1. The number of allylic oxidation sites excluding steroid dienone is 2. The number of anilines is 2. The third-order valence-electron chi connectivity index (χ3n) is 14.4. The summed E-state index contributed by atoms with van der Waals surface area (Å²) in [7, 11) is 11.4. The minimum absolute atomic E-state index is 0.00117. The van der Waals surface area contributed by atoms with Gasteiger partial charge in [-0.1, -0.05) is 123 Å². The van der Waals surface area contributed by atoms with Crippen LogP contribution in [0.15, 0.2) is 172 Å². The lowest BCUT2D eigenvalue weighted by atomic mass is 10.2. The van der Waals surface area contributed by atoms with Crippen LogP contribution in [0.2, 0.25) is 35.7 Å². The number of amides is 1. The lowest BCUT2D eigenvalue weighted by Crippen LogP contribution is -2.33. The van der Waals surface area contributed by atoms with Crippen molar-refractivity contribution in [2.75, 3.05) is 93.6 Å². The lowest BCUT2D eigenvalue weighted by Gasteiger charge is -2.10. The summed E-state index contributed by atoms with van der Waals surface area (Å²) in [6.07, 6.45) is 22.6. The number of aromatic nitrogens is 11. The Morgan fingerprint density at radius 1 is 0.469 bits per heavy atom. The highest BCUT2D eigenvalue weighted by atomic mass is 35.5. The van der Waals surface area contributed by atoms with E-state index in [1.54, 1.807) is 125 Å². The molecule has 0 spiro atoms. The van der Waals surface area contributed by atoms with Gasteiger partial charge in [-0.15, -0.1) is 0 Å². The molecule has 9 aromatic heterocycles. The number of ether oxygens (including phenoxy) is 6. The van der Waals surface area contributed by atoms with Gasteiger partial charge >= 0.3 is 23.9 Å². The molecule has 7 N–H and O–H groups in total. The number of esters is 4. The molecule has 0 aromatic carbocycles. The minimum atomic E-state index is -0.794. The monoisotopic (exact) mass is 1710 g/mol. The highest BCUT2D eigenvalue weighted by Gasteiger charge is 2.21. The summed E-state index contributed by atoms with van der Waals surface area (Å²) in [4.78, 5) is 129. The average molecular weight is 1720 g/mol. The fourth-order valence-electron chi connectivity index (χ4n) is 8.94. The summed E-state index contributed by atoms with van der Waals surface area (Å²) in [5.41, 5.74) is 12.2. The van der Waals surface area contributed by atoms with Crippen molar-refractivity contribution in [1.82, 2.24) is 63.8 Å². The zero-order chi connectivity index (χ0) is 83.4. The van der Waals surface area contributed by atoms with Crippen LogP contribution in [0.3, 0.4) is 0 Å². The largest absolute Gasteiger partial charge is 0.481 e. The maximum Gasteiger partial charge on any atom is 0.345 e. The second-order valence-electron chi connectivity index (χ2n) is 23.0. The normalized spacial score (nSPS) is 10.3. The molecule has 0 fully saturated rings. The first kappa shape index (κ1) is 95.1. The first-order valence-electron chi connectivity index (χ1n) is 33.7. The lowest BCUT2D eigenvalue weighted by molar-refractivity contribution is -0.144. The molecule has 113 heavy (non-hydrogen) atoms. The Morgan fingerprint density at radius 3 is 1.17 bits per heavy atom. The van der Waals surface area contributed by atoms with E-state index in [0.717, 1.165) is 73.9 Å². The molecule has 0 atom stereocenters. The van der Waals surface area contributed by atoms with E-state index in [1.165, 1.54) is 91.2 Å². The number of halogens is 8. The third kappa shape index (κ3) is 35.5. The highest BCUT2D eigenvalue weighted by Crippen LogP contribution is 2.18. The molecule has 9 rings (SSSR count). The van der Waals surface area contributed by atoms with Crippen LogP contribution in [0, 0.1) is 0 Å². The number of carbonyl (C=O) groups excluding carboxylic acids is 5. The van der Waals surface area contributed by atoms with Crippen LogP contribution in [0.1, 0.15) is 91.9 Å². The molecule has 0 aliphatic carbocycles. The number of unbranched alkanes of at least 4 members (excludes halogenated alkanes) is 4. The number of nitrogens with one attached hydrogen (secondary N) is 3. The topological polar surface area (TPSA) is 401 Å². The third-order valence-corrected chi connectivity index (χ3v) is 16.1. The Kier molecular flexibility index (Phi) is 43.8. The molecule has 1 amide bonds. The van der Waals surface area contributed by atoms with Gasteiger partial charge in [0.1, 0.15) is 42.9 Å². The van der Waals surface area contributed by atoms with E-state index in [4.69, 9.17) is 114 Å². The van der Waals surface area contributed by atoms with Crippen LogP contribution < -0.4 is 53.6 Å². The van der Waals surface area contributed by atoms with E-state index >= 15 is 0 Å². The van der Waals surface area contributed by atoms with Crippen molar-refractivity contribution < 1.29 is 52.4 Å². The van der Waals surface area contributed by atoms with Gasteiger partial charge in [0.25, 0.3) is 22.6 Å². The van der Waals surface area contributed by atoms with E-state index < -0.39 is 46.5 Å². The van der Waals surface area contributed by atoms with Crippen LogP contribution in [0.25, 0.3) is 0 Å². The predicted octanol–water partition coefficient (Wildman–Crippen LogP) is 11.3. The van der Waals surface area contributed by atoms with E-state index in [2.05, 4.69) is 74.8 Å². The van der Waals surface area contributed by atoms with Crippen molar-refractivity contribution >= 4 is 134 Å². The Balaban J connectivity index is 0.000000298. The fourth-order valence-corrected chi connectivity index (χ4v) is 10.4. The van der Waals surface area contributed by atoms with Gasteiger partial charge in [0.05, 0.1) is 82.4 Å². The van der Waals surface area contributed by atoms with E-state index in [-0.39, 0.29) is 57.0 Å². The maximum atomic E-state index is 12.8. The minimum Gasteiger partial charge on any atom is -0.481 e. The molecular weight excluding hydrogens is 1630 g/mol. The number of nitrogens with two attached hydrogens (primary N) is 2. The molecule has 604 valence electrons. The fraction of sp³-hybridized carbons (Fsp3) is 0.297. The van der Waals surface area contributed by atoms with Crippen LogP contribution >= 0.6 is 92.8 Å². The molecule has 0 unspecified atom stereocenters. The van der Waals surface area contributed by atoms with Gasteiger partial charge in [-0.2, -0.15) is 9.97 Å². The Hall–Kier alpha value is -10.3. The molecule has 0 aliphatic rings. The Labute approximate surface area is 690 Å². The summed E-state index contributed by atoms with van der Waals surface area (Å²) in [5, 5.41) is 11.7. The molecule has 0 aliphatic heterocycles. The summed E-state index contributed by atoms with van der Waals surface area (Å²) in [6.45, 7) is 3.98. The van der Waals surface area contributed by atoms with Crippen molar-refractivity contribution in [3.8, 4) is 11.8 Å². The number of rotatable bonds is 29. The zero-order valence-corrected chi connectivity index (χ0v) is 68.6. The van der Waals surface area contributed by atoms with Crippen LogP contribution in [0.5, 0.6) is 11.8 Å². The maximum absolute atomic E-state index is 12.8. The van der Waals surface area contributed by atoms with Crippen molar-refractivity contribution in [2.24, 2.45) is 11.5 Å². The molecule has 9 aromatic rings. The molecule has 0 saturated carbocycles. The zero-order valence-electron chi connectivity index (χ0n) is 62.5. The summed E-state index contributed by atoms with van der Waals surface area (Å²) in [6, 6.07) is 21.0. The summed E-state index contributed by atoms with van der Waals surface area (Å²) in [5.74, 6) is -1.28. The number of hydrogen-bond acceptors (Lipinski definition) is 27. The SMILES string of the molecule is COC(=O)C(=C/C(Cl)=C/N(C)C)C(=O)OC.COC(=O)c1cc(Cl)cn(Cc2ccc(Cl)nc2)c1=O.COC(=O)c1cc(Cl)cn(Cc2ccc(Cl)nc2)c1=O.COc1ccnc(NCCCCCN)n1.COc1ccnc(NCCCCCNC(=O)c2cc(Cl)cn(Cc3ccc(Cl)nc3)c2=O)n1.NCc1ccc(Cl)nc1. The van der Waals surface area contributed by atoms with Gasteiger partial charge in [-0.3, -0.25) is 19.2 Å². The Morgan fingerprint density at radius 2 is 0.832 bits per heavy atom. The predicted molar refractivity (Wildman–Crippen MR) is 435 cm³/mol. The van der Waals surface area contributed by atoms with Crippen molar-refractivity contribution in [3.05, 3.63) is 263 Å². The average Bonchev–Trinajstić information content (AvgIpc) is 0.829. The number of methoxy groups -OCH3 is 6. The van der Waals surface area contributed by atoms with Crippen molar-refractivity contribution in [2.45, 2.75) is 64.7 Å². The van der Waals surface area contributed by atoms with Crippen LogP contribution in [-0.4, -0.2) is 171 Å². The molecule has 0 bridgehead atoms. The second-order valence-corrected chi connectivity index (χ2v) is 26.3. The van der Waals surface area contributed by atoms with E-state index in [9.17, 15) is 38.4 Å². The van der Waals surface area contributed by atoms with Crippen molar-refractivity contribution in [1.29, 1.82) is 0 Å². The van der Waals surface area contributed by atoms with Gasteiger partial charge < -0.3 is 74.4 Å².